The van der Waals surface area contributed by atoms with Crippen LogP contribution in [0.3, 0.4) is 0 Å². The third-order valence-electron chi connectivity index (χ3n) is 3.48. The molecule has 1 saturated heterocycles. The summed E-state index contributed by atoms with van der Waals surface area (Å²) >= 11 is 1.21. The summed E-state index contributed by atoms with van der Waals surface area (Å²) in [7, 11) is -0.393. The minimum absolute atomic E-state index is 0.0966. The van der Waals surface area contributed by atoms with Crippen molar-refractivity contribution in [1.29, 1.82) is 0 Å². The molecule has 6 nitrogen and oxygen atoms in total. The number of carbonyl (C=O) groups is 1. The van der Waals surface area contributed by atoms with Crippen LogP contribution in [0.2, 0.25) is 0 Å². The number of hydroxylamine groups is 2. The Labute approximate surface area is 122 Å². The minimum atomic E-state index is -3.40. The Morgan fingerprint density at radius 1 is 1.45 bits per heavy atom. The van der Waals surface area contributed by atoms with E-state index in [1.165, 1.54) is 27.8 Å². The van der Waals surface area contributed by atoms with E-state index in [0.717, 1.165) is 0 Å². The van der Waals surface area contributed by atoms with Crippen LogP contribution < -0.4 is 0 Å². The first-order valence-corrected chi connectivity index (χ1v) is 8.64. The molecule has 1 aliphatic rings. The lowest BCUT2D eigenvalue weighted by Gasteiger charge is -2.31. The van der Waals surface area contributed by atoms with E-state index in [0.29, 0.717) is 30.1 Å². The first-order valence-electron chi connectivity index (χ1n) is 6.32. The van der Waals surface area contributed by atoms with Crippen LogP contribution >= 0.6 is 11.3 Å². The van der Waals surface area contributed by atoms with E-state index in [2.05, 4.69) is 0 Å². The highest BCUT2D eigenvalue weighted by atomic mass is 32.2. The third kappa shape index (κ3) is 3.03. The van der Waals surface area contributed by atoms with Crippen LogP contribution in [-0.4, -0.2) is 50.9 Å². The molecule has 0 atom stereocenters. The van der Waals surface area contributed by atoms with Gasteiger partial charge in [0, 0.05) is 26.1 Å². The van der Waals surface area contributed by atoms with Crippen molar-refractivity contribution in [2.24, 2.45) is 5.92 Å². The topological polar surface area (TPSA) is 66.9 Å². The summed E-state index contributed by atoms with van der Waals surface area (Å²) in [5, 5.41) is 2.95. The Kier molecular flexibility index (Phi) is 4.79. The smallest absolute Gasteiger partial charge is 0.252 e. The summed E-state index contributed by atoms with van der Waals surface area (Å²) in [5.41, 5.74) is 0. The maximum absolute atomic E-state index is 12.3. The predicted octanol–water partition coefficient (Wildman–Crippen LogP) is 1.17. The number of hydrogen-bond donors (Lipinski definition) is 0. The summed E-state index contributed by atoms with van der Waals surface area (Å²) in [5.74, 6) is -0.268. The zero-order valence-electron chi connectivity index (χ0n) is 11.5. The van der Waals surface area contributed by atoms with E-state index >= 15 is 0 Å². The average Bonchev–Trinajstić information content (AvgIpc) is 3.00. The van der Waals surface area contributed by atoms with E-state index in [1.54, 1.807) is 24.6 Å². The van der Waals surface area contributed by atoms with Gasteiger partial charge in [0.15, 0.2) is 0 Å². The number of sulfonamides is 1. The third-order valence-corrected chi connectivity index (χ3v) is 6.75. The van der Waals surface area contributed by atoms with Crippen LogP contribution in [-0.2, 0) is 19.7 Å². The number of nitrogens with zero attached hydrogens (tertiary/aromatic N) is 2. The van der Waals surface area contributed by atoms with E-state index in [1.807, 2.05) is 0 Å². The summed E-state index contributed by atoms with van der Waals surface area (Å²) in [4.78, 5) is 16.8. The van der Waals surface area contributed by atoms with Gasteiger partial charge in [-0.3, -0.25) is 9.63 Å². The number of amides is 1. The number of thiophene rings is 1. The van der Waals surface area contributed by atoms with Gasteiger partial charge in [-0.05, 0) is 24.3 Å². The lowest BCUT2D eigenvalue weighted by atomic mass is 9.97. The molecule has 20 heavy (non-hydrogen) atoms. The largest absolute Gasteiger partial charge is 0.275 e. The lowest BCUT2D eigenvalue weighted by Crippen LogP contribution is -2.43. The van der Waals surface area contributed by atoms with Gasteiger partial charge in [-0.15, -0.1) is 11.3 Å². The molecule has 1 aromatic rings. The molecule has 0 spiro atoms. The fourth-order valence-electron chi connectivity index (χ4n) is 2.23. The van der Waals surface area contributed by atoms with Gasteiger partial charge in [0.2, 0.25) is 5.91 Å². The molecular formula is C12H18N2O4S2. The molecule has 0 unspecified atom stereocenters. The van der Waals surface area contributed by atoms with Crippen LogP contribution in [0.25, 0.3) is 0 Å². The van der Waals surface area contributed by atoms with Gasteiger partial charge >= 0.3 is 0 Å². The molecule has 1 amide bonds. The fraction of sp³-hybridized carbons (Fsp3) is 0.583. The van der Waals surface area contributed by atoms with Crippen LogP contribution in [0.15, 0.2) is 21.7 Å². The van der Waals surface area contributed by atoms with E-state index in [-0.39, 0.29) is 11.8 Å². The molecule has 2 heterocycles. The molecule has 0 aliphatic carbocycles. The van der Waals surface area contributed by atoms with Gasteiger partial charge in [-0.25, -0.2) is 13.5 Å². The monoisotopic (exact) mass is 318 g/mol. The van der Waals surface area contributed by atoms with Gasteiger partial charge in [0.05, 0.1) is 7.11 Å². The molecule has 0 bridgehead atoms. The lowest BCUT2D eigenvalue weighted by molar-refractivity contribution is -0.174. The highest BCUT2D eigenvalue weighted by Gasteiger charge is 2.33. The van der Waals surface area contributed by atoms with Crippen molar-refractivity contribution in [2.45, 2.75) is 17.1 Å². The van der Waals surface area contributed by atoms with Crippen LogP contribution in [0.1, 0.15) is 12.8 Å². The normalized spacial score (nSPS) is 18.1. The van der Waals surface area contributed by atoms with Crippen molar-refractivity contribution in [3.8, 4) is 0 Å². The van der Waals surface area contributed by atoms with Crippen LogP contribution in [0.5, 0.6) is 0 Å². The molecule has 0 radical (unpaired) electrons. The summed E-state index contributed by atoms with van der Waals surface area (Å²) < 4.78 is 26.5. The van der Waals surface area contributed by atoms with Gasteiger partial charge in [-0.2, -0.15) is 4.31 Å². The van der Waals surface area contributed by atoms with Crippen molar-refractivity contribution in [3.63, 3.8) is 0 Å². The maximum Gasteiger partial charge on any atom is 0.252 e. The van der Waals surface area contributed by atoms with E-state index in [9.17, 15) is 13.2 Å². The first kappa shape index (κ1) is 15.4. The maximum atomic E-state index is 12.3. The summed E-state index contributed by atoms with van der Waals surface area (Å²) in [6.07, 6.45) is 1.05. The zero-order chi connectivity index (χ0) is 14.8. The fourth-order valence-corrected chi connectivity index (χ4v) is 4.84. The van der Waals surface area contributed by atoms with Gasteiger partial charge in [-0.1, -0.05) is 6.07 Å². The molecule has 1 fully saturated rings. The Balaban J connectivity index is 2.00. The van der Waals surface area contributed by atoms with E-state index < -0.39 is 10.0 Å². The van der Waals surface area contributed by atoms with Crippen molar-refractivity contribution < 1.29 is 18.0 Å². The molecule has 1 aromatic heterocycles. The molecule has 1 aliphatic heterocycles. The minimum Gasteiger partial charge on any atom is -0.275 e. The Bertz CT molecular complexity index is 548. The van der Waals surface area contributed by atoms with Gasteiger partial charge < -0.3 is 0 Å². The van der Waals surface area contributed by atoms with Crippen molar-refractivity contribution in [3.05, 3.63) is 17.5 Å². The van der Waals surface area contributed by atoms with Crippen molar-refractivity contribution in [2.75, 3.05) is 27.2 Å². The van der Waals surface area contributed by atoms with Crippen LogP contribution in [0.4, 0.5) is 0 Å². The molecule has 8 heteroatoms. The number of hydrogen-bond acceptors (Lipinski definition) is 5. The first-order chi connectivity index (χ1) is 9.46. The zero-order valence-corrected chi connectivity index (χ0v) is 13.1. The Hall–Kier alpha value is -0.960. The highest BCUT2D eigenvalue weighted by Crippen LogP contribution is 2.26. The SMILES string of the molecule is CON(C)C(=O)C1CCN(S(=O)(=O)c2cccs2)CC1. The molecular weight excluding hydrogens is 300 g/mol. The number of rotatable bonds is 4. The second-order valence-electron chi connectivity index (χ2n) is 4.63. The average molecular weight is 318 g/mol. The number of piperidine rings is 1. The second kappa shape index (κ2) is 6.21. The van der Waals surface area contributed by atoms with Crippen molar-refractivity contribution >= 4 is 27.3 Å². The molecule has 2 rings (SSSR count). The molecule has 0 N–H and O–H groups in total. The number of carbonyl (C=O) groups excluding carboxylic acids is 1. The van der Waals surface area contributed by atoms with Crippen molar-refractivity contribution in [1.82, 2.24) is 9.37 Å². The van der Waals surface area contributed by atoms with Gasteiger partial charge in [0.25, 0.3) is 10.0 Å². The predicted molar refractivity (Wildman–Crippen MR) is 75.6 cm³/mol. The molecule has 0 aromatic carbocycles. The standard InChI is InChI=1S/C12H18N2O4S2/c1-13(18-2)12(15)10-5-7-14(8-6-10)20(16,17)11-4-3-9-19-11/h3-4,9-10H,5-8H2,1-2H3. The Morgan fingerprint density at radius 2 is 2.10 bits per heavy atom. The second-order valence-corrected chi connectivity index (χ2v) is 7.74. The van der Waals surface area contributed by atoms with E-state index in [4.69, 9.17) is 4.84 Å². The quantitative estimate of drug-likeness (QED) is 0.782. The van der Waals surface area contributed by atoms with Gasteiger partial charge in [0.1, 0.15) is 4.21 Å². The van der Waals surface area contributed by atoms with Crippen LogP contribution in [0, 0.1) is 5.92 Å². The summed E-state index contributed by atoms with van der Waals surface area (Å²) in [6, 6.07) is 3.33. The highest BCUT2D eigenvalue weighted by molar-refractivity contribution is 7.91. The molecule has 112 valence electrons. The summed E-state index contributed by atoms with van der Waals surface area (Å²) in [6.45, 7) is 0.738. The molecule has 0 saturated carbocycles. The Morgan fingerprint density at radius 3 is 2.60 bits per heavy atom.